The van der Waals surface area contributed by atoms with Gasteiger partial charge in [-0.3, -0.25) is 4.79 Å². The average molecular weight is 354 g/mol. The Labute approximate surface area is 143 Å². The molecule has 0 aliphatic heterocycles. The average Bonchev–Trinajstić information content (AvgIpc) is 3.33. The van der Waals surface area contributed by atoms with Crippen LogP contribution in [0.3, 0.4) is 0 Å². The first-order valence-electron chi connectivity index (χ1n) is 7.20. The van der Waals surface area contributed by atoms with Crippen molar-refractivity contribution < 1.29 is 13.9 Å². The standard InChI is InChI=1S/C17H14Cl2FNO2/c18-11-3-8-14(19)15(9-11)23-16(17(22)21-13-6-7-13)10-1-4-12(20)5-2-10/h1-5,8-9,13,16H,6-7H2,(H,21,22). The lowest BCUT2D eigenvalue weighted by atomic mass is 10.1. The van der Waals surface area contributed by atoms with Crippen LogP contribution in [0.5, 0.6) is 5.75 Å². The molecule has 1 fully saturated rings. The van der Waals surface area contributed by atoms with Crippen molar-refractivity contribution in [1.82, 2.24) is 5.32 Å². The Balaban J connectivity index is 1.88. The van der Waals surface area contributed by atoms with E-state index in [1.165, 1.54) is 24.3 Å². The summed E-state index contributed by atoms with van der Waals surface area (Å²) in [4.78, 5) is 12.5. The Bertz CT molecular complexity index is 717. The molecule has 0 saturated heterocycles. The minimum atomic E-state index is -0.924. The fraction of sp³-hybridized carbons (Fsp3) is 0.235. The van der Waals surface area contributed by atoms with Gasteiger partial charge < -0.3 is 10.1 Å². The molecule has 1 N–H and O–H groups in total. The lowest BCUT2D eigenvalue weighted by molar-refractivity contribution is -0.128. The molecule has 1 unspecified atom stereocenters. The van der Waals surface area contributed by atoms with E-state index in [0.29, 0.717) is 21.4 Å². The van der Waals surface area contributed by atoms with Crippen LogP contribution in [0.4, 0.5) is 4.39 Å². The SMILES string of the molecule is O=C(NC1CC1)C(Oc1cc(Cl)ccc1Cl)c1ccc(F)cc1. The van der Waals surface area contributed by atoms with Crippen LogP contribution in [-0.4, -0.2) is 11.9 Å². The van der Waals surface area contributed by atoms with Gasteiger partial charge in [-0.25, -0.2) is 4.39 Å². The molecule has 0 spiro atoms. The van der Waals surface area contributed by atoms with Crippen LogP contribution in [0.15, 0.2) is 42.5 Å². The molecular weight excluding hydrogens is 340 g/mol. The van der Waals surface area contributed by atoms with Gasteiger partial charge in [-0.15, -0.1) is 0 Å². The van der Waals surface area contributed by atoms with Crippen molar-refractivity contribution >= 4 is 29.1 Å². The Morgan fingerprint density at radius 3 is 2.52 bits per heavy atom. The fourth-order valence-electron chi connectivity index (χ4n) is 2.11. The predicted molar refractivity (Wildman–Crippen MR) is 87.4 cm³/mol. The van der Waals surface area contributed by atoms with E-state index >= 15 is 0 Å². The van der Waals surface area contributed by atoms with Crippen molar-refractivity contribution in [2.24, 2.45) is 0 Å². The van der Waals surface area contributed by atoms with E-state index in [4.69, 9.17) is 27.9 Å². The molecule has 1 atom stereocenters. The third-order valence-electron chi connectivity index (χ3n) is 3.47. The number of carbonyl (C=O) groups is 1. The van der Waals surface area contributed by atoms with Crippen LogP contribution in [-0.2, 0) is 4.79 Å². The van der Waals surface area contributed by atoms with Crippen molar-refractivity contribution in [3.8, 4) is 5.75 Å². The van der Waals surface area contributed by atoms with Crippen LogP contribution in [0.25, 0.3) is 0 Å². The Hall–Kier alpha value is -1.78. The highest BCUT2D eigenvalue weighted by molar-refractivity contribution is 6.34. The summed E-state index contributed by atoms with van der Waals surface area (Å²) in [5, 5.41) is 3.68. The van der Waals surface area contributed by atoms with Gasteiger partial charge in [0.15, 0.2) is 0 Å². The zero-order valence-electron chi connectivity index (χ0n) is 12.1. The summed E-state index contributed by atoms with van der Waals surface area (Å²) in [5.41, 5.74) is 0.542. The molecule has 120 valence electrons. The zero-order chi connectivity index (χ0) is 16.4. The summed E-state index contributed by atoms with van der Waals surface area (Å²) in [6.45, 7) is 0. The highest BCUT2D eigenvalue weighted by atomic mass is 35.5. The summed E-state index contributed by atoms with van der Waals surface area (Å²) < 4.78 is 18.9. The highest BCUT2D eigenvalue weighted by Crippen LogP contribution is 2.32. The first-order chi connectivity index (χ1) is 11.0. The molecule has 1 aliphatic carbocycles. The van der Waals surface area contributed by atoms with Gasteiger partial charge in [-0.1, -0.05) is 35.3 Å². The second-order valence-electron chi connectivity index (χ2n) is 5.41. The van der Waals surface area contributed by atoms with Crippen LogP contribution in [0.2, 0.25) is 10.0 Å². The van der Waals surface area contributed by atoms with Gasteiger partial charge in [0.25, 0.3) is 5.91 Å². The number of nitrogens with one attached hydrogen (secondary N) is 1. The molecule has 2 aromatic rings. The summed E-state index contributed by atoms with van der Waals surface area (Å²) in [6.07, 6.45) is 0.992. The molecule has 3 nitrogen and oxygen atoms in total. The molecule has 0 heterocycles. The molecule has 3 rings (SSSR count). The Kier molecular flexibility index (Phi) is 4.74. The van der Waals surface area contributed by atoms with Gasteiger partial charge in [0.2, 0.25) is 6.10 Å². The second kappa shape index (κ2) is 6.77. The van der Waals surface area contributed by atoms with E-state index in [9.17, 15) is 9.18 Å². The lowest BCUT2D eigenvalue weighted by Crippen LogP contribution is -2.33. The van der Waals surface area contributed by atoms with E-state index in [-0.39, 0.29) is 17.8 Å². The van der Waals surface area contributed by atoms with Gasteiger partial charge in [0.05, 0.1) is 5.02 Å². The van der Waals surface area contributed by atoms with Crippen molar-refractivity contribution in [3.63, 3.8) is 0 Å². The maximum absolute atomic E-state index is 13.1. The normalized spacial score (nSPS) is 15.1. The van der Waals surface area contributed by atoms with Crippen molar-refractivity contribution in [2.45, 2.75) is 25.0 Å². The summed E-state index contributed by atoms with van der Waals surface area (Å²) in [5.74, 6) is -0.356. The number of carbonyl (C=O) groups excluding carboxylic acids is 1. The molecule has 0 aromatic heterocycles. The minimum absolute atomic E-state index is 0.184. The van der Waals surface area contributed by atoms with E-state index in [0.717, 1.165) is 12.8 Å². The lowest BCUT2D eigenvalue weighted by Gasteiger charge is -2.20. The second-order valence-corrected chi connectivity index (χ2v) is 6.25. The molecule has 1 aliphatic rings. The van der Waals surface area contributed by atoms with Gasteiger partial charge >= 0.3 is 0 Å². The number of rotatable bonds is 5. The maximum Gasteiger partial charge on any atom is 0.266 e. The van der Waals surface area contributed by atoms with Gasteiger partial charge in [0.1, 0.15) is 11.6 Å². The van der Waals surface area contributed by atoms with Crippen molar-refractivity contribution in [2.75, 3.05) is 0 Å². The monoisotopic (exact) mass is 353 g/mol. The molecule has 6 heteroatoms. The maximum atomic E-state index is 13.1. The van der Waals surface area contributed by atoms with Crippen LogP contribution in [0, 0.1) is 5.82 Å². The van der Waals surface area contributed by atoms with Gasteiger partial charge in [0, 0.05) is 22.7 Å². The first kappa shape index (κ1) is 16.1. The van der Waals surface area contributed by atoms with Gasteiger partial charge in [-0.05, 0) is 37.1 Å². The Morgan fingerprint density at radius 2 is 1.87 bits per heavy atom. The van der Waals surface area contributed by atoms with Gasteiger partial charge in [-0.2, -0.15) is 0 Å². The fourth-order valence-corrected chi connectivity index (χ4v) is 2.43. The number of hydrogen-bond donors (Lipinski definition) is 1. The van der Waals surface area contributed by atoms with Crippen molar-refractivity contribution in [1.29, 1.82) is 0 Å². The first-order valence-corrected chi connectivity index (χ1v) is 7.96. The molecular formula is C17H14Cl2FNO2. The van der Waals surface area contributed by atoms with E-state index < -0.39 is 6.10 Å². The van der Waals surface area contributed by atoms with E-state index in [1.807, 2.05) is 0 Å². The molecule has 1 saturated carbocycles. The topological polar surface area (TPSA) is 38.3 Å². The largest absolute Gasteiger partial charge is 0.474 e. The number of halogens is 3. The molecule has 1 amide bonds. The van der Waals surface area contributed by atoms with E-state index in [2.05, 4.69) is 5.32 Å². The van der Waals surface area contributed by atoms with Crippen LogP contribution >= 0.6 is 23.2 Å². The number of hydrogen-bond acceptors (Lipinski definition) is 2. The molecule has 2 aromatic carbocycles. The number of benzene rings is 2. The molecule has 0 bridgehead atoms. The third-order valence-corrected chi connectivity index (χ3v) is 4.02. The Morgan fingerprint density at radius 1 is 1.17 bits per heavy atom. The number of amides is 1. The van der Waals surface area contributed by atoms with Crippen LogP contribution < -0.4 is 10.1 Å². The smallest absolute Gasteiger partial charge is 0.266 e. The summed E-state index contributed by atoms with van der Waals surface area (Å²) in [7, 11) is 0. The third kappa shape index (κ3) is 4.15. The minimum Gasteiger partial charge on any atom is -0.474 e. The zero-order valence-corrected chi connectivity index (χ0v) is 13.6. The molecule has 23 heavy (non-hydrogen) atoms. The quantitative estimate of drug-likeness (QED) is 0.857. The van der Waals surface area contributed by atoms with E-state index in [1.54, 1.807) is 18.2 Å². The highest BCUT2D eigenvalue weighted by Gasteiger charge is 2.30. The number of ether oxygens (including phenoxy) is 1. The summed E-state index contributed by atoms with van der Waals surface area (Å²) >= 11 is 12.1. The molecule has 0 radical (unpaired) electrons. The van der Waals surface area contributed by atoms with Crippen molar-refractivity contribution in [3.05, 3.63) is 63.9 Å². The predicted octanol–water partition coefficient (Wildman–Crippen LogP) is 4.53. The van der Waals surface area contributed by atoms with Crippen LogP contribution in [0.1, 0.15) is 24.5 Å². The summed E-state index contributed by atoms with van der Waals surface area (Å²) in [6, 6.07) is 10.6.